The van der Waals surface area contributed by atoms with Crippen molar-refractivity contribution in [1.29, 1.82) is 0 Å². The number of hydrogen-bond donors (Lipinski definition) is 0. The molecule has 2 aromatic carbocycles. The van der Waals surface area contributed by atoms with Crippen molar-refractivity contribution in [2.75, 3.05) is 14.2 Å². The van der Waals surface area contributed by atoms with Gasteiger partial charge < -0.3 is 18.5 Å². The van der Waals surface area contributed by atoms with E-state index in [0.29, 0.717) is 26.7 Å². The van der Waals surface area contributed by atoms with Crippen LogP contribution in [0.1, 0.15) is 20.7 Å². The van der Waals surface area contributed by atoms with E-state index in [1.807, 2.05) is 0 Å². The number of hydrogen-bond acceptors (Lipinski definition) is 8. The fourth-order valence-corrected chi connectivity index (χ4v) is 4.17. The number of esters is 2. The topological polar surface area (TPSA) is 117 Å². The van der Waals surface area contributed by atoms with Gasteiger partial charge in [-0.2, -0.15) is 4.99 Å². The SMILES string of the molecule is COC(=O)Cn1c(=NC(=O)c2cc3ccccc3oc2=O)sc2cc(C(=O)OC)ccc21. The van der Waals surface area contributed by atoms with Gasteiger partial charge in [-0.15, -0.1) is 0 Å². The summed E-state index contributed by atoms with van der Waals surface area (Å²) >= 11 is 1.08. The van der Waals surface area contributed by atoms with E-state index in [1.54, 1.807) is 36.4 Å². The molecule has 0 aliphatic heterocycles. The van der Waals surface area contributed by atoms with Gasteiger partial charge in [0.1, 0.15) is 17.7 Å². The summed E-state index contributed by atoms with van der Waals surface area (Å²) in [4.78, 5) is 53.2. The summed E-state index contributed by atoms with van der Waals surface area (Å²) in [5, 5.41) is 0.576. The van der Waals surface area contributed by atoms with Gasteiger partial charge in [0.2, 0.25) is 0 Å². The van der Waals surface area contributed by atoms with Gasteiger partial charge in [0.25, 0.3) is 5.91 Å². The summed E-state index contributed by atoms with van der Waals surface area (Å²) in [6, 6.07) is 13.0. The second-order valence-corrected chi connectivity index (χ2v) is 7.63. The van der Waals surface area contributed by atoms with Crippen molar-refractivity contribution in [3.05, 3.63) is 74.9 Å². The highest BCUT2D eigenvalue weighted by molar-refractivity contribution is 7.16. The number of rotatable bonds is 4. The van der Waals surface area contributed by atoms with Gasteiger partial charge in [0.05, 0.1) is 30.0 Å². The first-order valence-corrected chi connectivity index (χ1v) is 10.1. The van der Waals surface area contributed by atoms with E-state index in [1.165, 1.54) is 30.9 Å². The van der Waals surface area contributed by atoms with Gasteiger partial charge in [-0.3, -0.25) is 9.59 Å². The van der Waals surface area contributed by atoms with Crippen molar-refractivity contribution in [3.63, 3.8) is 0 Å². The van der Waals surface area contributed by atoms with Gasteiger partial charge in [0.15, 0.2) is 4.80 Å². The number of nitrogens with zero attached hydrogens (tertiary/aromatic N) is 2. The van der Waals surface area contributed by atoms with Gasteiger partial charge in [-0.25, -0.2) is 9.59 Å². The number of benzene rings is 2. The largest absolute Gasteiger partial charge is 0.468 e. The molecule has 0 saturated heterocycles. The lowest BCUT2D eigenvalue weighted by Gasteiger charge is -2.04. The summed E-state index contributed by atoms with van der Waals surface area (Å²) in [6.45, 7) is -0.216. The third kappa shape index (κ3) is 3.95. The van der Waals surface area contributed by atoms with Crippen molar-refractivity contribution in [3.8, 4) is 0 Å². The molecule has 162 valence electrons. The molecule has 1 amide bonds. The quantitative estimate of drug-likeness (QED) is 0.345. The highest BCUT2D eigenvalue weighted by Crippen LogP contribution is 2.20. The number of thiazole rings is 1. The van der Waals surface area contributed by atoms with Crippen LogP contribution >= 0.6 is 11.3 Å². The van der Waals surface area contributed by atoms with Crippen LogP contribution in [0.2, 0.25) is 0 Å². The molecule has 4 rings (SSSR count). The first-order chi connectivity index (χ1) is 15.4. The average Bonchev–Trinajstić information content (AvgIpc) is 3.13. The normalized spacial score (nSPS) is 11.6. The van der Waals surface area contributed by atoms with Crippen LogP contribution in [-0.4, -0.2) is 36.6 Å². The van der Waals surface area contributed by atoms with E-state index in [2.05, 4.69) is 4.99 Å². The molecule has 0 saturated carbocycles. The Bertz CT molecular complexity index is 1510. The lowest BCUT2D eigenvalue weighted by atomic mass is 10.2. The lowest BCUT2D eigenvalue weighted by molar-refractivity contribution is -0.141. The Kier molecular flexibility index (Phi) is 5.69. The van der Waals surface area contributed by atoms with E-state index >= 15 is 0 Å². The fourth-order valence-electron chi connectivity index (χ4n) is 3.11. The third-order valence-electron chi connectivity index (χ3n) is 4.69. The summed E-state index contributed by atoms with van der Waals surface area (Å²) in [5.41, 5.74) is 0.170. The molecule has 0 atom stereocenters. The minimum atomic E-state index is -0.817. The van der Waals surface area contributed by atoms with Gasteiger partial charge in [0, 0.05) is 5.39 Å². The Morgan fingerprint density at radius 1 is 1.06 bits per heavy atom. The number of fused-ring (bicyclic) bond motifs is 2. The summed E-state index contributed by atoms with van der Waals surface area (Å²) < 4.78 is 16.8. The Hall–Kier alpha value is -4.05. The zero-order valence-electron chi connectivity index (χ0n) is 17.0. The van der Waals surface area contributed by atoms with Crippen LogP contribution in [0.5, 0.6) is 0 Å². The van der Waals surface area contributed by atoms with Crippen LogP contribution < -0.4 is 10.4 Å². The van der Waals surface area contributed by atoms with Crippen LogP contribution in [0.25, 0.3) is 21.2 Å². The number of amides is 1. The molecule has 2 heterocycles. The van der Waals surface area contributed by atoms with Crippen LogP contribution in [0.15, 0.2) is 62.7 Å². The monoisotopic (exact) mass is 452 g/mol. The van der Waals surface area contributed by atoms with Crippen molar-refractivity contribution in [2.45, 2.75) is 6.54 Å². The molecule has 0 bridgehead atoms. The van der Waals surface area contributed by atoms with Crippen LogP contribution in [0.4, 0.5) is 0 Å². The predicted octanol–water partition coefficient (Wildman–Crippen LogP) is 2.51. The van der Waals surface area contributed by atoms with Crippen LogP contribution in [-0.2, 0) is 20.8 Å². The standard InChI is InChI=1S/C22H16N2O7S/c1-29-18(25)11-24-15-8-7-13(20(27)30-2)10-17(15)32-22(24)23-19(26)14-9-12-5-3-4-6-16(12)31-21(14)28/h3-10H,11H2,1-2H3. The first kappa shape index (κ1) is 21.2. The summed E-state index contributed by atoms with van der Waals surface area (Å²) in [7, 11) is 2.52. The summed E-state index contributed by atoms with van der Waals surface area (Å²) in [6.07, 6.45) is 0. The van der Waals surface area contributed by atoms with E-state index in [-0.39, 0.29) is 16.9 Å². The molecule has 0 spiro atoms. The molecule has 32 heavy (non-hydrogen) atoms. The van der Waals surface area contributed by atoms with Crippen molar-refractivity contribution < 1.29 is 28.3 Å². The highest BCUT2D eigenvalue weighted by atomic mass is 32.1. The van der Waals surface area contributed by atoms with Crippen LogP contribution in [0, 0.1) is 0 Å². The number of aromatic nitrogens is 1. The average molecular weight is 452 g/mol. The predicted molar refractivity (Wildman–Crippen MR) is 116 cm³/mol. The van der Waals surface area contributed by atoms with Gasteiger partial charge >= 0.3 is 17.6 Å². The second-order valence-electron chi connectivity index (χ2n) is 6.62. The molecule has 0 aliphatic carbocycles. The lowest BCUT2D eigenvalue weighted by Crippen LogP contribution is -2.23. The fraction of sp³-hybridized carbons (Fsp3) is 0.136. The number of carbonyl (C=O) groups excluding carboxylic acids is 3. The molecule has 10 heteroatoms. The minimum Gasteiger partial charge on any atom is -0.468 e. The van der Waals surface area contributed by atoms with Gasteiger partial charge in [-0.05, 0) is 30.3 Å². The van der Waals surface area contributed by atoms with Crippen LogP contribution in [0.3, 0.4) is 0 Å². The van der Waals surface area contributed by atoms with E-state index in [9.17, 15) is 19.2 Å². The number of para-hydroxylation sites is 1. The summed E-state index contributed by atoms with van der Waals surface area (Å²) in [5.74, 6) is -1.90. The smallest absolute Gasteiger partial charge is 0.349 e. The van der Waals surface area contributed by atoms with Crippen molar-refractivity contribution >= 4 is 50.4 Å². The molecular weight excluding hydrogens is 436 g/mol. The molecule has 2 aromatic heterocycles. The van der Waals surface area contributed by atoms with E-state index in [0.717, 1.165) is 11.3 Å². The minimum absolute atomic E-state index is 0.157. The maximum Gasteiger partial charge on any atom is 0.349 e. The first-order valence-electron chi connectivity index (χ1n) is 9.31. The third-order valence-corrected chi connectivity index (χ3v) is 5.73. The molecule has 0 fully saturated rings. The maximum absolute atomic E-state index is 12.9. The number of carbonyl (C=O) groups is 3. The molecule has 0 unspecified atom stereocenters. The van der Waals surface area contributed by atoms with E-state index in [4.69, 9.17) is 13.9 Å². The zero-order valence-corrected chi connectivity index (χ0v) is 17.8. The molecule has 4 aromatic rings. The van der Waals surface area contributed by atoms with E-state index < -0.39 is 23.5 Å². The Morgan fingerprint density at radius 3 is 2.59 bits per heavy atom. The Labute approximate surface area is 184 Å². The maximum atomic E-state index is 12.9. The van der Waals surface area contributed by atoms with Crippen molar-refractivity contribution in [1.82, 2.24) is 4.57 Å². The Morgan fingerprint density at radius 2 is 1.84 bits per heavy atom. The second kappa shape index (κ2) is 8.60. The molecule has 0 N–H and O–H groups in total. The molecule has 0 aliphatic rings. The molecule has 0 radical (unpaired) electrons. The number of ether oxygens (including phenoxy) is 2. The zero-order chi connectivity index (χ0) is 22.8. The molecule has 9 nitrogen and oxygen atoms in total. The highest BCUT2D eigenvalue weighted by Gasteiger charge is 2.17. The van der Waals surface area contributed by atoms with Crippen molar-refractivity contribution in [2.24, 2.45) is 4.99 Å². The Balaban J connectivity index is 1.88. The molecular formula is C22H16N2O7S. The number of methoxy groups -OCH3 is 2. The van der Waals surface area contributed by atoms with Gasteiger partial charge in [-0.1, -0.05) is 29.5 Å².